The highest BCUT2D eigenvalue weighted by Crippen LogP contribution is 2.32. The molecule has 2 aromatic heterocycles. The number of halogens is 1. The lowest BCUT2D eigenvalue weighted by atomic mass is 10.1. The molecule has 3 N–H and O–H groups in total. The lowest BCUT2D eigenvalue weighted by molar-refractivity contribution is -0.384. The van der Waals surface area contributed by atoms with Crippen molar-refractivity contribution in [2.45, 2.75) is 6.61 Å². The summed E-state index contributed by atoms with van der Waals surface area (Å²) in [6, 6.07) is 17.9. The molecule has 15 nitrogen and oxygen atoms in total. The Balaban J connectivity index is 1.44. The van der Waals surface area contributed by atoms with Gasteiger partial charge in [-0.2, -0.15) is 9.78 Å². The lowest BCUT2D eigenvalue weighted by Crippen LogP contribution is -2.19. The van der Waals surface area contributed by atoms with Crippen LogP contribution in [0.5, 0.6) is 11.5 Å². The van der Waals surface area contributed by atoms with Crippen LogP contribution < -0.4 is 20.6 Å². The van der Waals surface area contributed by atoms with Crippen molar-refractivity contribution >= 4 is 35.2 Å². The Hall–Kier alpha value is -5.83. The van der Waals surface area contributed by atoms with Gasteiger partial charge in [0.25, 0.3) is 11.6 Å². The van der Waals surface area contributed by atoms with Crippen LogP contribution >= 0.6 is 11.6 Å². The number of para-hydroxylation sites is 1. The van der Waals surface area contributed by atoms with Gasteiger partial charge < -0.3 is 15.2 Å². The summed E-state index contributed by atoms with van der Waals surface area (Å²) in [5.41, 5.74) is 9.28. The third-order valence-corrected chi connectivity index (χ3v) is 6.21. The van der Waals surface area contributed by atoms with Gasteiger partial charge >= 0.3 is 0 Å². The lowest BCUT2D eigenvalue weighted by Gasteiger charge is -2.13. The SMILES string of the molecule is COc1cccc(C=NNC(=O)c2nnn(-c3nonc3N)c2-c2cccc([N+](=O)[O-])c2)c1OCc1ccccc1Cl. The number of ether oxygens (including phenoxy) is 2. The van der Waals surface area contributed by atoms with E-state index >= 15 is 0 Å². The Labute approximate surface area is 241 Å². The zero-order chi connectivity index (χ0) is 29.6. The number of benzene rings is 3. The van der Waals surface area contributed by atoms with Crippen LogP contribution in [0.3, 0.4) is 0 Å². The van der Waals surface area contributed by atoms with Gasteiger partial charge in [0, 0.05) is 33.8 Å². The quantitative estimate of drug-likeness (QED) is 0.136. The van der Waals surface area contributed by atoms with Crippen molar-refractivity contribution in [3.63, 3.8) is 0 Å². The molecule has 0 unspecified atom stereocenters. The number of nitrogens with one attached hydrogen (secondary N) is 1. The number of amides is 1. The highest BCUT2D eigenvalue weighted by molar-refractivity contribution is 6.31. The number of aromatic nitrogens is 5. The Kier molecular flexibility index (Phi) is 8.01. The summed E-state index contributed by atoms with van der Waals surface area (Å²) in [6.07, 6.45) is 1.36. The molecular formula is C26H20ClN9O6. The predicted molar refractivity (Wildman–Crippen MR) is 150 cm³/mol. The van der Waals surface area contributed by atoms with Gasteiger partial charge in [-0.3, -0.25) is 14.9 Å². The summed E-state index contributed by atoms with van der Waals surface area (Å²) in [5, 5.41) is 31.1. The number of anilines is 1. The van der Waals surface area contributed by atoms with Gasteiger partial charge in [-0.1, -0.05) is 53.2 Å². The number of carbonyl (C=O) groups excluding carboxylic acids is 1. The minimum absolute atomic E-state index is 0.0407. The van der Waals surface area contributed by atoms with Crippen LogP contribution in [0.4, 0.5) is 11.5 Å². The van der Waals surface area contributed by atoms with E-state index in [-0.39, 0.29) is 40.9 Å². The van der Waals surface area contributed by atoms with Gasteiger partial charge in [-0.15, -0.1) is 5.10 Å². The summed E-state index contributed by atoms with van der Waals surface area (Å²) in [5.74, 6) is -0.181. The largest absolute Gasteiger partial charge is 0.493 e. The van der Waals surface area contributed by atoms with Crippen LogP contribution in [0.1, 0.15) is 21.6 Å². The normalized spacial score (nSPS) is 11.0. The molecule has 0 spiro atoms. The zero-order valence-corrected chi connectivity index (χ0v) is 22.4. The third-order valence-electron chi connectivity index (χ3n) is 5.84. The molecule has 2 heterocycles. The van der Waals surface area contributed by atoms with E-state index in [1.54, 1.807) is 24.3 Å². The van der Waals surface area contributed by atoms with Crippen molar-refractivity contribution in [1.29, 1.82) is 0 Å². The first-order valence-corrected chi connectivity index (χ1v) is 12.4. The number of hydrogen-bond donors (Lipinski definition) is 2. The molecule has 3 aromatic carbocycles. The molecule has 0 aliphatic rings. The molecule has 0 atom stereocenters. The maximum atomic E-state index is 13.2. The van der Waals surface area contributed by atoms with Crippen molar-refractivity contribution in [3.05, 3.63) is 98.7 Å². The number of rotatable bonds is 10. The second-order valence-corrected chi connectivity index (χ2v) is 8.84. The second kappa shape index (κ2) is 12.1. The number of methoxy groups -OCH3 is 1. The predicted octanol–water partition coefficient (Wildman–Crippen LogP) is 3.81. The monoisotopic (exact) mass is 589 g/mol. The summed E-state index contributed by atoms with van der Waals surface area (Å²) in [4.78, 5) is 24.0. The van der Waals surface area contributed by atoms with Gasteiger partial charge in [0.1, 0.15) is 12.3 Å². The van der Waals surface area contributed by atoms with Crippen LogP contribution in [0.2, 0.25) is 5.02 Å². The average molecular weight is 590 g/mol. The van der Waals surface area contributed by atoms with Crippen LogP contribution in [-0.4, -0.2) is 49.5 Å². The minimum atomic E-state index is -0.782. The first-order chi connectivity index (χ1) is 20.4. The van der Waals surface area contributed by atoms with E-state index in [2.05, 4.69) is 35.8 Å². The van der Waals surface area contributed by atoms with E-state index in [1.165, 1.54) is 37.6 Å². The van der Waals surface area contributed by atoms with Crippen molar-refractivity contribution in [2.24, 2.45) is 5.10 Å². The molecule has 0 saturated heterocycles. The van der Waals surface area contributed by atoms with E-state index < -0.39 is 10.8 Å². The van der Waals surface area contributed by atoms with E-state index in [0.717, 1.165) is 10.2 Å². The number of carbonyl (C=O) groups is 1. The Morgan fingerprint density at radius 2 is 2.00 bits per heavy atom. The topological polar surface area (TPSA) is 199 Å². The Bertz CT molecular complexity index is 1800. The van der Waals surface area contributed by atoms with Crippen LogP contribution in [0, 0.1) is 10.1 Å². The van der Waals surface area contributed by atoms with Crippen molar-refractivity contribution in [3.8, 4) is 28.6 Å². The van der Waals surface area contributed by atoms with Crippen LogP contribution in [-0.2, 0) is 6.61 Å². The summed E-state index contributed by atoms with van der Waals surface area (Å²) in [7, 11) is 1.50. The van der Waals surface area contributed by atoms with Crippen molar-refractivity contribution in [1.82, 2.24) is 30.7 Å². The fourth-order valence-electron chi connectivity index (χ4n) is 3.88. The molecule has 0 fully saturated rings. The fraction of sp³-hybridized carbons (Fsp3) is 0.0769. The maximum absolute atomic E-state index is 13.2. The number of nitrogen functional groups attached to an aromatic ring is 1. The third kappa shape index (κ3) is 5.71. The minimum Gasteiger partial charge on any atom is -0.493 e. The molecule has 5 rings (SSSR count). The van der Waals surface area contributed by atoms with E-state index in [4.69, 9.17) is 26.8 Å². The van der Waals surface area contributed by atoms with Gasteiger partial charge in [0.2, 0.25) is 11.6 Å². The molecule has 0 saturated carbocycles. The summed E-state index contributed by atoms with van der Waals surface area (Å²) < 4.78 is 17.2. The molecule has 0 radical (unpaired) electrons. The summed E-state index contributed by atoms with van der Waals surface area (Å²) >= 11 is 6.25. The van der Waals surface area contributed by atoms with E-state index in [9.17, 15) is 14.9 Å². The molecule has 16 heteroatoms. The molecule has 5 aromatic rings. The molecule has 1 amide bonds. The summed E-state index contributed by atoms with van der Waals surface area (Å²) in [6.45, 7) is 0.156. The number of nitrogens with two attached hydrogens (primary N) is 1. The first kappa shape index (κ1) is 27.7. The maximum Gasteiger partial charge on any atom is 0.294 e. The molecule has 212 valence electrons. The van der Waals surface area contributed by atoms with E-state index in [0.29, 0.717) is 22.1 Å². The number of non-ortho nitro benzene ring substituents is 1. The first-order valence-electron chi connectivity index (χ1n) is 12.0. The van der Waals surface area contributed by atoms with Crippen molar-refractivity contribution in [2.75, 3.05) is 12.8 Å². The smallest absolute Gasteiger partial charge is 0.294 e. The number of nitrogens with zero attached hydrogens (tertiary/aromatic N) is 7. The van der Waals surface area contributed by atoms with Gasteiger partial charge in [0.05, 0.1) is 18.2 Å². The molecular weight excluding hydrogens is 570 g/mol. The Morgan fingerprint density at radius 3 is 2.74 bits per heavy atom. The standard InChI is InChI=1S/C26H20ClN9O6/c1-40-20-11-5-8-16(23(20)41-14-17-6-2-3-10-19(17)27)13-29-31-26(37)21-22(15-7-4-9-18(12-15)36(38)39)35(34-30-21)25-24(28)32-42-33-25/h2-13H,14H2,1H3,(H2,28,32)(H,31,37). The number of nitro benzene ring substituents is 1. The van der Waals surface area contributed by atoms with Crippen LogP contribution in [0.15, 0.2) is 76.5 Å². The van der Waals surface area contributed by atoms with Gasteiger partial charge in [-0.25, -0.2) is 10.1 Å². The molecule has 0 bridgehead atoms. The van der Waals surface area contributed by atoms with Gasteiger partial charge in [-0.05, 0) is 28.5 Å². The number of nitro groups is 1. The van der Waals surface area contributed by atoms with Crippen LogP contribution in [0.25, 0.3) is 17.1 Å². The number of hydrogen-bond acceptors (Lipinski definition) is 12. The average Bonchev–Trinajstić information content (AvgIpc) is 3.63. The second-order valence-electron chi connectivity index (χ2n) is 8.44. The van der Waals surface area contributed by atoms with Gasteiger partial charge in [0.15, 0.2) is 17.2 Å². The fourth-order valence-corrected chi connectivity index (χ4v) is 4.07. The highest BCUT2D eigenvalue weighted by Gasteiger charge is 2.26. The zero-order valence-electron chi connectivity index (χ0n) is 21.7. The Morgan fingerprint density at radius 1 is 1.19 bits per heavy atom. The molecule has 0 aliphatic heterocycles. The van der Waals surface area contributed by atoms with E-state index in [1.807, 2.05) is 18.2 Å². The van der Waals surface area contributed by atoms with Crippen molar-refractivity contribution < 1.29 is 23.8 Å². The number of hydrazone groups is 1. The highest BCUT2D eigenvalue weighted by atomic mass is 35.5. The molecule has 0 aliphatic carbocycles. The molecule has 42 heavy (non-hydrogen) atoms.